The van der Waals surface area contributed by atoms with E-state index >= 15 is 0 Å². The Bertz CT molecular complexity index is 1690. The molecule has 230 valence electrons. The summed E-state index contributed by atoms with van der Waals surface area (Å²) in [6.45, 7) is 1.64. The molecule has 11 heteroatoms. The molecule has 0 saturated carbocycles. The summed E-state index contributed by atoms with van der Waals surface area (Å²) in [5.41, 5.74) is 1.46. The van der Waals surface area contributed by atoms with E-state index in [0.717, 1.165) is 9.87 Å². The minimum absolute atomic E-state index is 0.0272. The molecule has 1 atom stereocenters. The van der Waals surface area contributed by atoms with Crippen LogP contribution in [0.15, 0.2) is 108 Å². The van der Waals surface area contributed by atoms with Crippen molar-refractivity contribution in [3.63, 3.8) is 0 Å². The van der Waals surface area contributed by atoms with E-state index in [2.05, 4.69) is 5.32 Å². The maximum Gasteiger partial charge on any atom is 0.264 e. The molecule has 0 fully saturated rings. The predicted molar refractivity (Wildman–Crippen MR) is 177 cm³/mol. The first-order valence-electron chi connectivity index (χ1n) is 14.0. The number of nitrogens with zero attached hydrogens (tertiary/aromatic N) is 2. The van der Waals surface area contributed by atoms with Gasteiger partial charge in [0.15, 0.2) is 0 Å². The number of carbonyl (C=O) groups excluding carboxylic acids is 2. The van der Waals surface area contributed by atoms with Gasteiger partial charge in [0, 0.05) is 24.5 Å². The van der Waals surface area contributed by atoms with E-state index < -0.39 is 28.5 Å². The van der Waals surface area contributed by atoms with Crippen LogP contribution in [0.2, 0.25) is 15.1 Å². The van der Waals surface area contributed by atoms with E-state index in [-0.39, 0.29) is 39.5 Å². The number of amides is 2. The van der Waals surface area contributed by atoms with Crippen LogP contribution in [0.5, 0.6) is 0 Å². The molecule has 44 heavy (non-hydrogen) atoms. The number of anilines is 1. The molecule has 0 aliphatic heterocycles. The quantitative estimate of drug-likeness (QED) is 0.166. The second-order valence-electron chi connectivity index (χ2n) is 10.0. The smallest absolute Gasteiger partial charge is 0.264 e. The summed E-state index contributed by atoms with van der Waals surface area (Å²) in [5.74, 6) is -0.998. The third kappa shape index (κ3) is 8.12. The van der Waals surface area contributed by atoms with Crippen molar-refractivity contribution in [2.75, 3.05) is 17.4 Å². The average molecular weight is 673 g/mol. The number of sulfonamides is 1. The normalized spacial score (nSPS) is 11.9. The number of benzene rings is 4. The van der Waals surface area contributed by atoms with Crippen molar-refractivity contribution in [3.8, 4) is 0 Å². The number of hydrogen-bond donors (Lipinski definition) is 1. The van der Waals surface area contributed by atoms with E-state index in [0.29, 0.717) is 23.6 Å². The van der Waals surface area contributed by atoms with Gasteiger partial charge in [0.2, 0.25) is 11.8 Å². The lowest BCUT2D eigenvalue weighted by Crippen LogP contribution is -2.53. The van der Waals surface area contributed by atoms with Gasteiger partial charge in [-0.05, 0) is 47.9 Å². The second kappa shape index (κ2) is 15.4. The Kier molecular flexibility index (Phi) is 11.7. The number of rotatable bonds is 13. The molecule has 0 bridgehead atoms. The lowest BCUT2D eigenvalue weighted by molar-refractivity contribution is -0.140. The minimum Gasteiger partial charge on any atom is -0.354 e. The maximum atomic E-state index is 14.4. The van der Waals surface area contributed by atoms with Crippen molar-refractivity contribution in [3.05, 3.63) is 129 Å². The molecule has 1 N–H and O–H groups in total. The Morgan fingerprint density at radius 3 is 2.07 bits per heavy atom. The zero-order valence-electron chi connectivity index (χ0n) is 24.0. The van der Waals surface area contributed by atoms with Gasteiger partial charge in [0.1, 0.15) is 12.6 Å². The van der Waals surface area contributed by atoms with Crippen molar-refractivity contribution in [2.24, 2.45) is 0 Å². The standard InChI is InChI=1S/C33H32Cl3N3O4S/c1-2-20-37-33(41)30(21-24-12-5-3-6-13-24)38(22-25-14-9-10-17-27(25)34)31(40)23-39(29-19-11-18-28(35)32(29)36)44(42,43)26-15-7-4-8-16-26/h3-19,30H,2,20-23H2,1H3,(H,37,41). The zero-order valence-corrected chi connectivity index (χ0v) is 27.1. The largest absolute Gasteiger partial charge is 0.354 e. The number of hydrogen-bond acceptors (Lipinski definition) is 4. The summed E-state index contributed by atoms with van der Waals surface area (Å²) in [4.78, 5) is 29.5. The first-order valence-corrected chi connectivity index (χ1v) is 16.6. The second-order valence-corrected chi connectivity index (χ2v) is 13.1. The van der Waals surface area contributed by atoms with Gasteiger partial charge in [0.05, 0.1) is 20.6 Å². The fraction of sp³-hybridized carbons (Fsp3) is 0.212. The summed E-state index contributed by atoms with van der Waals surface area (Å²) >= 11 is 19.3. The van der Waals surface area contributed by atoms with Gasteiger partial charge in [-0.15, -0.1) is 0 Å². The highest BCUT2D eigenvalue weighted by Crippen LogP contribution is 2.35. The fourth-order valence-corrected chi connectivity index (χ4v) is 6.74. The van der Waals surface area contributed by atoms with Crippen molar-refractivity contribution in [1.29, 1.82) is 0 Å². The molecule has 0 aliphatic rings. The molecule has 4 aromatic carbocycles. The van der Waals surface area contributed by atoms with Crippen LogP contribution in [-0.2, 0) is 32.6 Å². The molecule has 2 amide bonds. The Balaban J connectivity index is 1.83. The molecule has 0 spiro atoms. The van der Waals surface area contributed by atoms with E-state index in [1.807, 2.05) is 37.3 Å². The summed E-state index contributed by atoms with van der Waals surface area (Å²) in [6.07, 6.45) is 0.883. The monoisotopic (exact) mass is 671 g/mol. The first-order chi connectivity index (χ1) is 21.1. The Morgan fingerprint density at radius 2 is 1.41 bits per heavy atom. The van der Waals surface area contributed by atoms with Crippen LogP contribution in [0.3, 0.4) is 0 Å². The van der Waals surface area contributed by atoms with Gasteiger partial charge < -0.3 is 10.2 Å². The Morgan fingerprint density at radius 1 is 0.795 bits per heavy atom. The van der Waals surface area contributed by atoms with Crippen LogP contribution >= 0.6 is 34.8 Å². The topological polar surface area (TPSA) is 86.8 Å². The van der Waals surface area contributed by atoms with Gasteiger partial charge >= 0.3 is 0 Å². The molecule has 0 aromatic heterocycles. The van der Waals surface area contributed by atoms with Crippen LogP contribution in [-0.4, -0.2) is 44.3 Å². The third-order valence-electron chi connectivity index (χ3n) is 6.93. The van der Waals surface area contributed by atoms with E-state index in [4.69, 9.17) is 34.8 Å². The lowest BCUT2D eigenvalue weighted by Gasteiger charge is -2.34. The van der Waals surface area contributed by atoms with Crippen molar-refractivity contribution in [2.45, 2.75) is 37.2 Å². The molecule has 4 aromatic rings. The summed E-state index contributed by atoms with van der Waals surface area (Å²) < 4.78 is 29.0. The molecule has 0 saturated heterocycles. The minimum atomic E-state index is -4.31. The first kappa shape index (κ1) is 33.3. The highest BCUT2D eigenvalue weighted by atomic mass is 35.5. The number of carbonyl (C=O) groups is 2. The summed E-state index contributed by atoms with van der Waals surface area (Å²) in [7, 11) is -4.31. The molecule has 4 rings (SSSR count). The van der Waals surface area contributed by atoms with Crippen LogP contribution in [0.1, 0.15) is 24.5 Å². The van der Waals surface area contributed by atoms with Gasteiger partial charge in [-0.2, -0.15) is 0 Å². The average Bonchev–Trinajstić information content (AvgIpc) is 3.03. The number of halogens is 3. The zero-order chi connectivity index (χ0) is 31.7. The molecular weight excluding hydrogens is 641 g/mol. The van der Waals surface area contributed by atoms with Crippen LogP contribution in [0.4, 0.5) is 5.69 Å². The van der Waals surface area contributed by atoms with E-state index in [1.165, 1.54) is 29.2 Å². The van der Waals surface area contributed by atoms with Crippen molar-refractivity contribution < 1.29 is 18.0 Å². The highest BCUT2D eigenvalue weighted by molar-refractivity contribution is 7.92. The molecule has 1 unspecified atom stereocenters. The molecule has 0 aliphatic carbocycles. The van der Waals surface area contributed by atoms with Crippen molar-refractivity contribution >= 4 is 62.3 Å². The van der Waals surface area contributed by atoms with Gasteiger partial charge in [0.25, 0.3) is 10.0 Å². The lowest BCUT2D eigenvalue weighted by atomic mass is 10.0. The van der Waals surface area contributed by atoms with Crippen LogP contribution in [0, 0.1) is 0 Å². The van der Waals surface area contributed by atoms with E-state index in [1.54, 1.807) is 48.5 Å². The SMILES string of the molecule is CCCNC(=O)C(Cc1ccccc1)N(Cc1ccccc1Cl)C(=O)CN(c1cccc(Cl)c1Cl)S(=O)(=O)c1ccccc1. The van der Waals surface area contributed by atoms with Gasteiger partial charge in [-0.25, -0.2) is 8.42 Å². The van der Waals surface area contributed by atoms with Crippen molar-refractivity contribution in [1.82, 2.24) is 10.2 Å². The van der Waals surface area contributed by atoms with Gasteiger partial charge in [-0.3, -0.25) is 13.9 Å². The predicted octanol–water partition coefficient (Wildman–Crippen LogP) is 7.01. The maximum absolute atomic E-state index is 14.4. The molecule has 0 radical (unpaired) electrons. The summed E-state index contributed by atoms with van der Waals surface area (Å²) in [6, 6.07) is 27.6. The molecule has 7 nitrogen and oxygen atoms in total. The Hall–Kier alpha value is -3.56. The van der Waals surface area contributed by atoms with Crippen LogP contribution in [0.25, 0.3) is 0 Å². The Labute approximate surface area is 273 Å². The van der Waals surface area contributed by atoms with Crippen LogP contribution < -0.4 is 9.62 Å². The summed E-state index contributed by atoms with van der Waals surface area (Å²) in [5, 5.41) is 3.41. The highest BCUT2D eigenvalue weighted by Gasteiger charge is 2.35. The third-order valence-corrected chi connectivity index (χ3v) is 9.88. The fourth-order valence-electron chi connectivity index (χ4n) is 4.65. The van der Waals surface area contributed by atoms with E-state index in [9.17, 15) is 18.0 Å². The van der Waals surface area contributed by atoms with Gasteiger partial charge in [-0.1, -0.05) is 115 Å². The molecular formula is C33H32Cl3N3O4S. The number of nitrogens with one attached hydrogen (secondary N) is 1. The molecule has 0 heterocycles.